The Labute approximate surface area is 89.1 Å². The minimum atomic E-state index is 0.417. The van der Waals surface area contributed by atoms with Crippen LogP contribution in [0, 0.1) is 11.3 Å². The van der Waals surface area contributed by atoms with Gasteiger partial charge >= 0.3 is 0 Å². The van der Waals surface area contributed by atoms with Crippen LogP contribution in [0.15, 0.2) is 0 Å². The van der Waals surface area contributed by atoms with E-state index in [0.717, 1.165) is 12.5 Å². The van der Waals surface area contributed by atoms with Gasteiger partial charge in [0.2, 0.25) is 0 Å². The molecule has 1 heterocycles. The van der Waals surface area contributed by atoms with E-state index in [1.165, 1.54) is 32.5 Å². The van der Waals surface area contributed by atoms with Gasteiger partial charge in [0.1, 0.15) is 0 Å². The molecule has 84 valence electrons. The summed E-state index contributed by atoms with van der Waals surface area (Å²) in [5, 5.41) is 3.59. The molecular weight excluding hydrogens is 172 g/mol. The molecule has 1 aliphatic heterocycles. The summed E-state index contributed by atoms with van der Waals surface area (Å²) in [5.74, 6) is 0.871. The first-order chi connectivity index (χ1) is 6.47. The zero-order chi connectivity index (χ0) is 10.6. The summed E-state index contributed by atoms with van der Waals surface area (Å²) in [4.78, 5) is 2.45. The molecule has 0 aromatic rings. The molecule has 0 bridgehead atoms. The van der Waals surface area contributed by atoms with Crippen molar-refractivity contribution in [2.75, 3.05) is 33.2 Å². The second-order valence-corrected chi connectivity index (χ2v) is 5.96. The third-order valence-corrected chi connectivity index (χ3v) is 2.81. The minimum absolute atomic E-state index is 0.417. The maximum absolute atomic E-state index is 3.59. The van der Waals surface area contributed by atoms with Crippen LogP contribution in [-0.4, -0.2) is 38.1 Å². The number of piperidine rings is 1. The van der Waals surface area contributed by atoms with Gasteiger partial charge in [0.25, 0.3) is 0 Å². The van der Waals surface area contributed by atoms with Crippen LogP contribution in [0.25, 0.3) is 0 Å². The molecule has 0 spiro atoms. The third kappa shape index (κ3) is 4.97. The van der Waals surface area contributed by atoms with Gasteiger partial charge in [0, 0.05) is 6.54 Å². The zero-order valence-corrected chi connectivity index (χ0v) is 10.3. The number of likely N-dealkylation sites (tertiary alicyclic amines) is 1. The van der Waals surface area contributed by atoms with Crippen LogP contribution in [0.3, 0.4) is 0 Å². The van der Waals surface area contributed by atoms with Crippen molar-refractivity contribution in [3.63, 3.8) is 0 Å². The first-order valence-electron chi connectivity index (χ1n) is 5.87. The second kappa shape index (κ2) is 5.13. The molecule has 1 aliphatic rings. The fraction of sp³-hybridized carbons (Fsp3) is 1.00. The van der Waals surface area contributed by atoms with Gasteiger partial charge < -0.3 is 10.2 Å². The van der Waals surface area contributed by atoms with Crippen LogP contribution < -0.4 is 5.32 Å². The average molecular weight is 198 g/mol. The summed E-state index contributed by atoms with van der Waals surface area (Å²) < 4.78 is 0. The molecule has 1 fully saturated rings. The largest absolute Gasteiger partial charge is 0.316 e. The fourth-order valence-electron chi connectivity index (χ4n) is 2.09. The highest BCUT2D eigenvalue weighted by molar-refractivity contribution is 4.74. The average Bonchev–Trinajstić information content (AvgIpc) is 2.01. The Morgan fingerprint density at radius 2 is 2.07 bits per heavy atom. The third-order valence-electron chi connectivity index (χ3n) is 2.81. The van der Waals surface area contributed by atoms with Crippen molar-refractivity contribution < 1.29 is 0 Å². The summed E-state index contributed by atoms with van der Waals surface area (Å²) in [6.45, 7) is 11.7. The van der Waals surface area contributed by atoms with Gasteiger partial charge in [-0.05, 0) is 50.9 Å². The Kier molecular flexibility index (Phi) is 4.39. The molecule has 0 aliphatic carbocycles. The van der Waals surface area contributed by atoms with Crippen molar-refractivity contribution in [1.29, 1.82) is 0 Å². The van der Waals surface area contributed by atoms with Crippen LogP contribution in [0.5, 0.6) is 0 Å². The van der Waals surface area contributed by atoms with E-state index < -0.39 is 0 Å². The monoisotopic (exact) mass is 198 g/mol. The highest BCUT2D eigenvalue weighted by Gasteiger charge is 2.17. The van der Waals surface area contributed by atoms with Crippen molar-refractivity contribution in [2.24, 2.45) is 11.3 Å². The lowest BCUT2D eigenvalue weighted by molar-refractivity contribution is 0.202. The first kappa shape index (κ1) is 12.0. The fourth-order valence-corrected chi connectivity index (χ4v) is 2.09. The van der Waals surface area contributed by atoms with Crippen molar-refractivity contribution in [2.45, 2.75) is 33.6 Å². The van der Waals surface area contributed by atoms with Crippen LogP contribution in [0.4, 0.5) is 0 Å². The number of hydrogen-bond donors (Lipinski definition) is 1. The summed E-state index contributed by atoms with van der Waals surface area (Å²) in [7, 11) is 2.23. The summed E-state index contributed by atoms with van der Waals surface area (Å²) in [5.41, 5.74) is 0.417. The number of hydrogen-bond acceptors (Lipinski definition) is 2. The van der Waals surface area contributed by atoms with Crippen LogP contribution in [0.1, 0.15) is 33.6 Å². The Bertz CT molecular complexity index is 160. The molecule has 1 N–H and O–H groups in total. The first-order valence-corrected chi connectivity index (χ1v) is 5.87. The van der Waals surface area contributed by atoms with Crippen LogP contribution >= 0.6 is 0 Å². The Hall–Kier alpha value is -0.0800. The molecule has 14 heavy (non-hydrogen) atoms. The molecule has 0 radical (unpaired) electrons. The van der Waals surface area contributed by atoms with Crippen molar-refractivity contribution in [3.8, 4) is 0 Å². The van der Waals surface area contributed by atoms with E-state index >= 15 is 0 Å². The molecule has 1 atom stereocenters. The smallest absolute Gasteiger partial charge is 0.00187 e. The molecule has 1 saturated heterocycles. The lowest BCUT2D eigenvalue weighted by Gasteiger charge is -2.30. The van der Waals surface area contributed by atoms with Gasteiger partial charge in [0.05, 0.1) is 0 Å². The molecule has 0 saturated carbocycles. The topological polar surface area (TPSA) is 15.3 Å². The quantitative estimate of drug-likeness (QED) is 0.746. The van der Waals surface area contributed by atoms with E-state index in [1.807, 2.05) is 0 Å². The van der Waals surface area contributed by atoms with Crippen molar-refractivity contribution in [1.82, 2.24) is 10.2 Å². The summed E-state index contributed by atoms with van der Waals surface area (Å²) in [6.07, 6.45) is 2.78. The molecule has 1 unspecified atom stereocenters. The van der Waals surface area contributed by atoms with Gasteiger partial charge in [-0.3, -0.25) is 0 Å². The number of nitrogens with one attached hydrogen (secondary N) is 1. The SMILES string of the molecule is CN1CCCC(CNCC(C)(C)C)C1. The van der Waals surface area contributed by atoms with E-state index in [0.29, 0.717) is 5.41 Å². The van der Waals surface area contributed by atoms with E-state index in [2.05, 4.69) is 38.0 Å². The molecule has 0 aromatic heterocycles. The Morgan fingerprint density at radius 3 is 2.64 bits per heavy atom. The van der Waals surface area contributed by atoms with Crippen LogP contribution in [-0.2, 0) is 0 Å². The van der Waals surface area contributed by atoms with Crippen molar-refractivity contribution >= 4 is 0 Å². The normalized spacial score (nSPS) is 25.3. The zero-order valence-electron chi connectivity index (χ0n) is 10.3. The van der Waals surface area contributed by atoms with Gasteiger partial charge in [-0.1, -0.05) is 20.8 Å². The van der Waals surface area contributed by atoms with E-state index in [9.17, 15) is 0 Å². The van der Waals surface area contributed by atoms with Gasteiger partial charge in [-0.25, -0.2) is 0 Å². The lowest BCUT2D eigenvalue weighted by Crippen LogP contribution is -2.39. The highest BCUT2D eigenvalue weighted by atomic mass is 15.1. The number of rotatable bonds is 3. The van der Waals surface area contributed by atoms with Gasteiger partial charge in [0.15, 0.2) is 0 Å². The van der Waals surface area contributed by atoms with Crippen molar-refractivity contribution in [3.05, 3.63) is 0 Å². The van der Waals surface area contributed by atoms with E-state index in [1.54, 1.807) is 0 Å². The van der Waals surface area contributed by atoms with Gasteiger partial charge in [-0.2, -0.15) is 0 Å². The standard InChI is InChI=1S/C12H26N2/c1-12(2,3)10-13-8-11-6-5-7-14(4)9-11/h11,13H,5-10H2,1-4H3. The molecule has 2 nitrogen and oxygen atoms in total. The molecule has 2 heteroatoms. The van der Waals surface area contributed by atoms with E-state index in [4.69, 9.17) is 0 Å². The predicted octanol–water partition coefficient (Wildman–Crippen LogP) is 1.96. The summed E-state index contributed by atoms with van der Waals surface area (Å²) in [6, 6.07) is 0. The summed E-state index contributed by atoms with van der Waals surface area (Å²) >= 11 is 0. The predicted molar refractivity (Wildman–Crippen MR) is 62.5 cm³/mol. The molecule has 0 aromatic carbocycles. The molecule has 0 amide bonds. The molecular formula is C12H26N2. The van der Waals surface area contributed by atoms with Crippen LogP contribution in [0.2, 0.25) is 0 Å². The maximum atomic E-state index is 3.59. The Morgan fingerprint density at radius 1 is 1.36 bits per heavy atom. The minimum Gasteiger partial charge on any atom is -0.316 e. The number of nitrogens with zero attached hydrogens (tertiary/aromatic N) is 1. The van der Waals surface area contributed by atoms with E-state index in [-0.39, 0.29) is 0 Å². The maximum Gasteiger partial charge on any atom is 0.00187 e. The molecule has 1 rings (SSSR count). The second-order valence-electron chi connectivity index (χ2n) is 5.96. The Balaban J connectivity index is 2.12. The highest BCUT2D eigenvalue weighted by Crippen LogP contribution is 2.15. The lowest BCUT2D eigenvalue weighted by atomic mass is 9.95. The van der Waals surface area contributed by atoms with Gasteiger partial charge in [-0.15, -0.1) is 0 Å².